The fourth-order valence-corrected chi connectivity index (χ4v) is 4.24. The second kappa shape index (κ2) is 6.16. The Morgan fingerprint density at radius 1 is 1.63 bits per heavy atom. The number of hydrogen-bond donors (Lipinski definition) is 2. The molecule has 2 unspecified atom stereocenters. The van der Waals surface area contributed by atoms with Gasteiger partial charge in [-0.2, -0.15) is 0 Å². The number of thioether (sulfide) groups is 1. The molecule has 1 amide bonds. The van der Waals surface area contributed by atoms with Crippen molar-refractivity contribution in [3.8, 4) is 0 Å². The molecule has 0 radical (unpaired) electrons. The average Bonchev–Trinajstić information content (AvgIpc) is 2.74. The minimum atomic E-state index is -0.523. The quantitative estimate of drug-likeness (QED) is 0.879. The van der Waals surface area contributed by atoms with Crippen LogP contribution in [-0.2, 0) is 4.79 Å². The number of hydrogen-bond acceptors (Lipinski definition) is 3. The molecule has 2 rings (SSSR count). The Hall–Kier alpha value is -0.710. The second-order valence-electron chi connectivity index (χ2n) is 4.92. The Kier molecular flexibility index (Phi) is 4.76. The summed E-state index contributed by atoms with van der Waals surface area (Å²) in [4.78, 5) is 12.8. The zero-order valence-electron chi connectivity index (χ0n) is 11.0. The highest BCUT2D eigenvalue weighted by Gasteiger charge is 2.43. The van der Waals surface area contributed by atoms with Crippen molar-refractivity contribution in [2.75, 3.05) is 6.54 Å². The van der Waals surface area contributed by atoms with E-state index in [4.69, 9.17) is 17.3 Å². The fourth-order valence-electron chi connectivity index (χ4n) is 2.64. The van der Waals surface area contributed by atoms with Crippen LogP contribution in [0, 0.1) is 0 Å². The predicted molar refractivity (Wildman–Crippen MR) is 80.6 cm³/mol. The van der Waals surface area contributed by atoms with Gasteiger partial charge in [0.2, 0.25) is 5.91 Å². The molecule has 1 saturated carbocycles. The molecule has 0 aliphatic heterocycles. The van der Waals surface area contributed by atoms with Crippen LogP contribution in [0.3, 0.4) is 0 Å². The van der Waals surface area contributed by atoms with Crippen molar-refractivity contribution in [2.45, 2.75) is 41.9 Å². The van der Waals surface area contributed by atoms with Gasteiger partial charge in [0, 0.05) is 15.2 Å². The number of primary amides is 1. The lowest BCUT2D eigenvalue weighted by Crippen LogP contribution is -2.53. The maximum Gasteiger partial charge on any atom is 0.237 e. The van der Waals surface area contributed by atoms with Gasteiger partial charge in [-0.05, 0) is 44.0 Å². The van der Waals surface area contributed by atoms with Crippen molar-refractivity contribution < 1.29 is 4.79 Å². The lowest BCUT2D eigenvalue weighted by atomic mass is 9.97. The van der Waals surface area contributed by atoms with Gasteiger partial charge in [0.25, 0.3) is 0 Å². The molecule has 1 aliphatic carbocycles. The first-order valence-electron chi connectivity index (χ1n) is 6.53. The monoisotopic (exact) mass is 298 g/mol. The normalized spacial score (nSPS) is 26.5. The van der Waals surface area contributed by atoms with Gasteiger partial charge in [-0.15, -0.1) is 11.8 Å². The predicted octanol–water partition coefficient (Wildman–Crippen LogP) is 2.82. The van der Waals surface area contributed by atoms with Crippen molar-refractivity contribution in [3.63, 3.8) is 0 Å². The van der Waals surface area contributed by atoms with Gasteiger partial charge in [0.15, 0.2) is 0 Å². The van der Waals surface area contributed by atoms with E-state index < -0.39 is 5.54 Å². The van der Waals surface area contributed by atoms with E-state index in [1.807, 2.05) is 31.2 Å². The maximum atomic E-state index is 11.7. The molecule has 1 aliphatic rings. The molecule has 3 N–H and O–H groups in total. The number of carbonyl (C=O) groups is 1. The van der Waals surface area contributed by atoms with Crippen LogP contribution < -0.4 is 11.1 Å². The van der Waals surface area contributed by atoms with E-state index in [1.54, 1.807) is 11.8 Å². The summed E-state index contributed by atoms with van der Waals surface area (Å²) in [5.41, 5.74) is 5.04. The van der Waals surface area contributed by atoms with Crippen LogP contribution in [0.25, 0.3) is 0 Å². The number of carbonyl (C=O) groups excluding carboxylic acids is 1. The highest BCUT2D eigenvalue weighted by Crippen LogP contribution is 2.40. The van der Waals surface area contributed by atoms with Crippen LogP contribution in [0.15, 0.2) is 29.2 Å². The standard InChI is InChI=1S/C14H19ClN2OS/c1-2-17-14(13(16)18)7-6-12(9-14)19-11-5-3-4-10(15)8-11/h3-5,8,12,17H,2,6-7,9H2,1H3,(H2,16,18). The largest absolute Gasteiger partial charge is 0.368 e. The van der Waals surface area contributed by atoms with E-state index in [2.05, 4.69) is 5.32 Å². The molecule has 104 valence electrons. The lowest BCUT2D eigenvalue weighted by molar-refractivity contribution is -0.124. The molecule has 2 atom stereocenters. The molecular formula is C14H19ClN2OS. The number of halogens is 1. The minimum Gasteiger partial charge on any atom is -0.368 e. The zero-order valence-corrected chi connectivity index (χ0v) is 12.6. The minimum absolute atomic E-state index is 0.233. The first kappa shape index (κ1) is 14.7. The van der Waals surface area contributed by atoms with E-state index in [9.17, 15) is 4.79 Å². The van der Waals surface area contributed by atoms with Crippen LogP contribution >= 0.6 is 23.4 Å². The smallest absolute Gasteiger partial charge is 0.237 e. The summed E-state index contributed by atoms with van der Waals surface area (Å²) in [5, 5.41) is 4.42. The molecule has 0 bridgehead atoms. The van der Waals surface area contributed by atoms with Crippen molar-refractivity contribution in [2.24, 2.45) is 5.73 Å². The molecule has 1 aromatic rings. The Bertz CT molecular complexity index is 469. The Morgan fingerprint density at radius 2 is 2.42 bits per heavy atom. The summed E-state index contributed by atoms with van der Waals surface area (Å²) in [5.74, 6) is -0.233. The second-order valence-corrected chi connectivity index (χ2v) is 6.73. The topological polar surface area (TPSA) is 55.1 Å². The third kappa shape index (κ3) is 3.44. The number of rotatable bonds is 5. The molecular weight excluding hydrogens is 280 g/mol. The molecule has 0 spiro atoms. The van der Waals surface area contributed by atoms with Crippen molar-refractivity contribution in [1.82, 2.24) is 5.32 Å². The molecule has 0 aromatic heterocycles. The van der Waals surface area contributed by atoms with Gasteiger partial charge in [0.1, 0.15) is 0 Å². The Balaban J connectivity index is 2.03. The number of nitrogens with two attached hydrogens (primary N) is 1. The number of likely N-dealkylation sites (N-methyl/N-ethyl adjacent to an activating group) is 1. The van der Waals surface area contributed by atoms with Gasteiger partial charge < -0.3 is 11.1 Å². The summed E-state index contributed by atoms with van der Waals surface area (Å²) in [6.45, 7) is 2.76. The van der Waals surface area contributed by atoms with Crippen LogP contribution in [0.2, 0.25) is 5.02 Å². The SMILES string of the molecule is CCNC1(C(N)=O)CCC(Sc2cccc(Cl)c2)C1. The van der Waals surface area contributed by atoms with E-state index in [1.165, 1.54) is 0 Å². The first-order valence-corrected chi connectivity index (χ1v) is 7.78. The van der Waals surface area contributed by atoms with E-state index >= 15 is 0 Å². The summed E-state index contributed by atoms with van der Waals surface area (Å²) in [6, 6.07) is 7.83. The van der Waals surface area contributed by atoms with Crippen molar-refractivity contribution in [1.29, 1.82) is 0 Å². The third-order valence-corrected chi connectivity index (χ3v) is 5.05. The summed E-state index contributed by atoms with van der Waals surface area (Å²) in [7, 11) is 0. The van der Waals surface area contributed by atoms with E-state index in [-0.39, 0.29) is 5.91 Å². The van der Waals surface area contributed by atoms with Gasteiger partial charge >= 0.3 is 0 Å². The number of amides is 1. The van der Waals surface area contributed by atoms with E-state index in [0.29, 0.717) is 5.25 Å². The van der Waals surface area contributed by atoms with Gasteiger partial charge in [0.05, 0.1) is 5.54 Å². The highest BCUT2D eigenvalue weighted by atomic mass is 35.5. The van der Waals surface area contributed by atoms with Crippen LogP contribution in [0.5, 0.6) is 0 Å². The van der Waals surface area contributed by atoms with Crippen LogP contribution in [-0.4, -0.2) is 23.2 Å². The Morgan fingerprint density at radius 3 is 3.05 bits per heavy atom. The lowest BCUT2D eigenvalue weighted by Gasteiger charge is -2.26. The zero-order chi connectivity index (χ0) is 13.9. The Labute approximate surface area is 123 Å². The molecule has 3 nitrogen and oxygen atoms in total. The molecule has 19 heavy (non-hydrogen) atoms. The van der Waals surface area contributed by atoms with Gasteiger partial charge in [-0.25, -0.2) is 0 Å². The van der Waals surface area contributed by atoms with Crippen molar-refractivity contribution >= 4 is 29.3 Å². The maximum absolute atomic E-state index is 11.7. The molecule has 5 heteroatoms. The van der Waals surface area contributed by atoms with Gasteiger partial charge in [-0.1, -0.05) is 24.6 Å². The molecule has 1 fully saturated rings. The summed E-state index contributed by atoms with van der Waals surface area (Å²) >= 11 is 7.77. The van der Waals surface area contributed by atoms with Crippen LogP contribution in [0.1, 0.15) is 26.2 Å². The summed E-state index contributed by atoms with van der Waals surface area (Å²) in [6.07, 6.45) is 2.59. The van der Waals surface area contributed by atoms with Crippen LogP contribution in [0.4, 0.5) is 0 Å². The number of benzene rings is 1. The average molecular weight is 299 g/mol. The fraction of sp³-hybridized carbons (Fsp3) is 0.500. The van der Waals surface area contributed by atoms with Crippen molar-refractivity contribution in [3.05, 3.63) is 29.3 Å². The number of nitrogens with one attached hydrogen (secondary N) is 1. The molecule has 0 heterocycles. The first-order chi connectivity index (χ1) is 9.05. The third-order valence-electron chi connectivity index (χ3n) is 3.55. The highest BCUT2D eigenvalue weighted by molar-refractivity contribution is 8.00. The van der Waals surface area contributed by atoms with Gasteiger partial charge in [-0.3, -0.25) is 4.79 Å². The molecule has 0 saturated heterocycles. The molecule has 1 aromatic carbocycles. The van der Waals surface area contributed by atoms with E-state index in [0.717, 1.165) is 35.7 Å². The summed E-state index contributed by atoms with van der Waals surface area (Å²) < 4.78 is 0.